The lowest BCUT2D eigenvalue weighted by atomic mass is 10.1. The number of rotatable bonds is 8. The highest BCUT2D eigenvalue weighted by Crippen LogP contribution is 2.23. The Balaban J connectivity index is 1.68. The molecule has 1 aromatic carbocycles. The molecule has 1 fully saturated rings. The van der Waals surface area contributed by atoms with E-state index in [1.54, 1.807) is 18.5 Å². The molecule has 146 valence electrons. The molecule has 1 saturated heterocycles. The summed E-state index contributed by atoms with van der Waals surface area (Å²) < 4.78 is 57.0. The van der Waals surface area contributed by atoms with Crippen molar-refractivity contribution in [3.8, 4) is 11.5 Å². The fraction of sp³-hybridized carbons (Fsp3) is 0.389. The average molecular weight is 396 g/mol. The molecule has 7 nitrogen and oxygen atoms in total. The Labute approximate surface area is 157 Å². The van der Waals surface area contributed by atoms with E-state index in [-0.39, 0.29) is 17.2 Å². The predicted molar refractivity (Wildman–Crippen MR) is 95.6 cm³/mol. The Hall–Kier alpha value is -2.23. The minimum atomic E-state index is -3.85. The van der Waals surface area contributed by atoms with Crippen LogP contribution in [0.15, 0.2) is 41.6 Å². The number of halogens is 1. The van der Waals surface area contributed by atoms with Crippen molar-refractivity contribution in [1.29, 1.82) is 0 Å². The molecule has 2 heterocycles. The van der Waals surface area contributed by atoms with Gasteiger partial charge in [0.15, 0.2) is 11.6 Å². The molecule has 27 heavy (non-hydrogen) atoms. The Morgan fingerprint density at radius 3 is 2.93 bits per heavy atom. The van der Waals surface area contributed by atoms with Gasteiger partial charge in [-0.05, 0) is 24.6 Å². The van der Waals surface area contributed by atoms with E-state index in [0.29, 0.717) is 30.4 Å². The van der Waals surface area contributed by atoms with Crippen LogP contribution >= 0.6 is 0 Å². The number of hydrogen-bond donors (Lipinski definition) is 1. The fourth-order valence-electron chi connectivity index (χ4n) is 2.67. The number of benzene rings is 1. The molecule has 3 rings (SSSR count). The maximum absolute atomic E-state index is 13.5. The van der Waals surface area contributed by atoms with Gasteiger partial charge in [0.05, 0.1) is 31.4 Å². The SMILES string of the molecule is COc1cc(S(=O)(=O)NCc2ccncc2OCC2CCOC2)ccc1F. The summed E-state index contributed by atoms with van der Waals surface area (Å²) >= 11 is 0. The van der Waals surface area contributed by atoms with E-state index in [0.717, 1.165) is 25.2 Å². The number of hydrogen-bond acceptors (Lipinski definition) is 6. The molecule has 1 aromatic heterocycles. The minimum Gasteiger partial charge on any atom is -0.494 e. The van der Waals surface area contributed by atoms with Gasteiger partial charge < -0.3 is 14.2 Å². The molecule has 1 N–H and O–H groups in total. The molecule has 1 atom stereocenters. The number of nitrogens with zero attached hydrogens (tertiary/aromatic N) is 1. The van der Waals surface area contributed by atoms with E-state index in [2.05, 4.69) is 9.71 Å². The molecule has 0 aliphatic carbocycles. The van der Waals surface area contributed by atoms with E-state index in [9.17, 15) is 12.8 Å². The first-order chi connectivity index (χ1) is 13.0. The van der Waals surface area contributed by atoms with E-state index in [1.165, 1.54) is 13.2 Å². The second-order valence-electron chi connectivity index (χ2n) is 6.14. The molecule has 0 spiro atoms. The van der Waals surface area contributed by atoms with Crippen LogP contribution in [0.25, 0.3) is 0 Å². The third-order valence-electron chi connectivity index (χ3n) is 4.25. The van der Waals surface area contributed by atoms with E-state index in [1.807, 2.05) is 0 Å². The highest BCUT2D eigenvalue weighted by atomic mass is 32.2. The highest BCUT2D eigenvalue weighted by molar-refractivity contribution is 7.89. The summed E-state index contributed by atoms with van der Waals surface area (Å²) in [6, 6.07) is 5.07. The van der Waals surface area contributed by atoms with Crippen molar-refractivity contribution in [2.75, 3.05) is 26.9 Å². The molecular weight excluding hydrogens is 375 g/mol. The third-order valence-corrected chi connectivity index (χ3v) is 5.65. The Morgan fingerprint density at radius 1 is 1.33 bits per heavy atom. The van der Waals surface area contributed by atoms with Gasteiger partial charge in [-0.2, -0.15) is 0 Å². The number of aromatic nitrogens is 1. The molecule has 2 aromatic rings. The number of ether oxygens (including phenoxy) is 3. The van der Waals surface area contributed by atoms with Crippen LogP contribution in [0.4, 0.5) is 4.39 Å². The molecule has 0 bridgehead atoms. The number of methoxy groups -OCH3 is 1. The molecule has 0 radical (unpaired) electrons. The Kier molecular flexibility index (Phi) is 6.25. The number of pyridine rings is 1. The smallest absolute Gasteiger partial charge is 0.241 e. The molecule has 1 aliphatic heterocycles. The first kappa shape index (κ1) is 19.5. The second-order valence-corrected chi connectivity index (χ2v) is 7.91. The second kappa shape index (κ2) is 8.64. The van der Waals surface area contributed by atoms with Crippen molar-refractivity contribution < 1.29 is 27.0 Å². The topological polar surface area (TPSA) is 86.8 Å². The maximum Gasteiger partial charge on any atom is 0.241 e. The summed E-state index contributed by atoms with van der Waals surface area (Å²) in [4.78, 5) is 3.95. The standard InChI is InChI=1S/C18H21FN2O5S/c1-24-17-8-15(2-3-16(17)19)27(22,23)21-9-14-4-6-20-10-18(14)26-12-13-5-7-25-11-13/h2-4,6,8,10,13,21H,5,7,9,11-12H2,1H3. The average Bonchev–Trinajstić information content (AvgIpc) is 3.19. The molecule has 1 aliphatic rings. The van der Waals surface area contributed by atoms with Crippen molar-refractivity contribution >= 4 is 10.0 Å². The van der Waals surface area contributed by atoms with Gasteiger partial charge >= 0.3 is 0 Å². The summed E-state index contributed by atoms with van der Waals surface area (Å²) in [6.45, 7) is 1.89. The lowest BCUT2D eigenvalue weighted by molar-refractivity contribution is 0.166. The number of sulfonamides is 1. The van der Waals surface area contributed by atoms with Crippen LogP contribution in [0.2, 0.25) is 0 Å². The van der Waals surface area contributed by atoms with Gasteiger partial charge in [0, 0.05) is 36.9 Å². The van der Waals surface area contributed by atoms with Crippen molar-refractivity contribution in [3.05, 3.63) is 48.0 Å². The van der Waals surface area contributed by atoms with Crippen LogP contribution in [-0.2, 0) is 21.3 Å². The lowest BCUT2D eigenvalue weighted by Gasteiger charge is -2.14. The number of nitrogens with one attached hydrogen (secondary N) is 1. The van der Waals surface area contributed by atoms with Crippen molar-refractivity contribution in [2.45, 2.75) is 17.9 Å². The lowest BCUT2D eigenvalue weighted by Crippen LogP contribution is -2.24. The summed E-state index contributed by atoms with van der Waals surface area (Å²) in [7, 11) is -2.57. The Morgan fingerprint density at radius 2 is 2.19 bits per heavy atom. The zero-order valence-corrected chi connectivity index (χ0v) is 15.7. The predicted octanol–water partition coefficient (Wildman–Crippen LogP) is 2.12. The zero-order valence-electron chi connectivity index (χ0n) is 14.9. The molecule has 9 heteroatoms. The van der Waals surface area contributed by atoms with Gasteiger partial charge in [-0.25, -0.2) is 17.5 Å². The Bertz CT molecular complexity index is 885. The molecule has 0 saturated carbocycles. The quantitative estimate of drug-likeness (QED) is 0.736. The third kappa shape index (κ3) is 4.94. The van der Waals surface area contributed by atoms with Crippen LogP contribution < -0.4 is 14.2 Å². The summed E-state index contributed by atoms with van der Waals surface area (Å²) in [6.07, 6.45) is 4.06. The largest absolute Gasteiger partial charge is 0.494 e. The summed E-state index contributed by atoms with van der Waals surface area (Å²) in [5.74, 6) is 0.0759. The summed E-state index contributed by atoms with van der Waals surface area (Å²) in [5.41, 5.74) is 0.654. The molecule has 0 amide bonds. The first-order valence-electron chi connectivity index (χ1n) is 8.46. The monoisotopic (exact) mass is 396 g/mol. The van der Waals surface area contributed by atoms with Crippen molar-refractivity contribution in [1.82, 2.24) is 9.71 Å². The fourth-order valence-corrected chi connectivity index (χ4v) is 3.69. The minimum absolute atomic E-state index is 0.0149. The van der Waals surface area contributed by atoms with E-state index in [4.69, 9.17) is 14.2 Å². The zero-order chi connectivity index (χ0) is 19.3. The summed E-state index contributed by atoms with van der Waals surface area (Å²) in [5, 5.41) is 0. The van der Waals surface area contributed by atoms with Gasteiger partial charge in [0.1, 0.15) is 5.75 Å². The first-order valence-corrected chi connectivity index (χ1v) is 9.94. The van der Waals surface area contributed by atoms with Crippen LogP contribution in [0.5, 0.6) is 11.5 Å². The van der Waals surface area contributed by atoms with Crippen molar-refractivity contribution in [3.63, 3.8) is 0 Å². The molecule has 1 unspecified atom stereocenters. The van der Waals surface area contributed by atoms with E-state index < -0.39 is 15.8 Å². The van der Waals surface area contributed by atoms with Crippen LogP contribution in [0, 0.1) is 11.7 Å². The van der Waals surface area contributed by atoms with Gasteiger partial charge in [-0.15, -0.1) is 0 Å². The highest BCUT2D eigenvalue weighted by Gasteiger charge is 2.19. The normalized spacial score (nSPS) is 17.0. The van der Waals surface area contributed by atoms with Crippen molar-refractivity contribution in [2.24, 2.45) is 5.92 Å². The maximum atomic E-state index is 13.5. The van der Waals surface area contributed by atoms with Crippen LogP contribution in [0.1, 0.15) is 12.0 Å². The van der Waals surface area contributed by atoms with E-state index >= 15 is 0 Å². The van der Waals surface area contributed by atoms with Gasteiger partial charge in [-0.3, -0.25) is 4.98 Å². The van der Waals surface area contributed by atoms with Crippen LogP contribution in [-0.4, -0.2) is 40.3 Å². The van der Waals surface area contributed by atoms with Gasteiger partial charge in [0.25, 0.3) is 0 Å². The molecular formula is C18H21FN2O5S. The van der Waals surface area contributed by atoms with Gasteiger partial charge in [-0.1, -0.05) is 0 Å². The van der Waals surface area contributed by atoms with Gasteiger partial charge in [0.2, 0.25) is 10.0 Å². The van der Waals surface area contributed by atoms with Crippen LogP contribution in [0.3, 0.4) is 0 Å².